The SMILES string of the molecule is CN(Cc1cccc(Br)c1)Cc1ccnc(C(N)=S)c1. The molecule has 0 unspecified atom stereocenters. The van der Waals surface area contributed by atoms with Gasteiger partial charge in [-0.1, -0.05) is 40.3 Å². The van der Waals surface area contributed by atoms with Crippen LogP contribution in [-0.2, 0) is 13.1 Å². The smallest absolute Gasteiger partial charge is 0.122 e. The van der Waals surface area contributed by atoms with Crippen molar-refractivity contribution in [3.63, 3.8) is 0 Å². The van der Waals surface area contributed by atoms with Crippen molar-refractivity contribution in [3.05, 3.63) is 63.9 Å². The Morgan fingerprint density at radius 3 is 2.60 bits per heavy atom. The van der Waals surface area contributed by atoms with Crippen molar-refractivity contribution in [2.24, 2.45) is 5.73 Å². The second-order valence-electron chi connectivity index (χ2n) is 4.72. The molecule has 2 N–H and O–H groups in total. The topological polar surface area (TPSA) is 42.2 Å². The average Bonchev–Trinajstić information content (AvgIpc) is 2.38. The zero-order chi connectivity index (χ0) is 14.5. The van der Waals surface area contributed by atoms with Crippen molar-refractivity contribution in [1.29, 1.82) is 0 Å². The molecule has 1 heterocycles. The van der Waals surface area contributed by atoms with E-state index in [1.165, 1.54) is 5.56 Å². The van der Waals surface area contributed by atoms with Crippen LogP contribution < -0.4 is 5.73 Å². The lowest BCUT2D eigenvalue weighted by molar-refractivity contribution is 0.319. The van der Waals surface area contributed by atoms with E-state index in [1.807, 2.05) is 24.3 Å². The first-order chi connectivity index (χ1) is 9.54. The van der Waals surface area contributed by atoms with Crippen LogP contribution >= 0.6 is 28.1 Å². The second-order valence-corrected chi connectivity index (χ2v) is 6.07. The van der Waals surface area contributed by atoms with Crippen molar-refractivity contribution in [3.8, 4) is 0 Å². The molecule has 0 atom stereocenters. The largest absolute Gasteiger partial charge is 0.388 e. The lowest BCUT2D eigenvalue weighted by Gasteiger charge is -2.17. The summed E-state index contributed by atoms with van der Waals surface area (Å²) in [4.78, 5) is 6.72. The van der Waals surface area contributed by atoms with Crippen molar-refractivity contribution in [2.45, 2.75) is 13.1 Å². The second kappa shape index (κ2) is 6.92. The molecule has 3 nitrogen and oxygen atoms in total. The van der Waals surface area contributed by atoms with E-state index < -0.39 is 0 Å². The molecule has 0 saturated heterocycles. The Hall–Kier alpha value is -1.30. The molecule has 1 aromatic carbocycles. The first-order valence-electron chi connectivity index (χ1n) is 6.22. The van der Waals surface area contributed by atoms with Crippen LogP contribution in [0.5, 0.6) is 0 Å². The van der Waals surface area contributed by atoms with Gasteiger partial charge in [0.25, 0.3) is 0 Å². The maximum Gasteiger partial charge on any atom is 0.122 e. The Bertz CT molecular complexity index is 616. The van der Waals surface area contributed by atoms with Crippen molar-refractivity contribution in [2.75, 3.05) is 7.05 Å². The van der Waals surface area contributed by atoms with Gasteiger partial charge in [0, 0.05) is 23.8 Å². The number of benzene rings is 1. The summed E-state index contributed by atoms with van der Waals surface area (Å²) < 4.78 is 1.10. The molecular weight excluding hydrogens is 334 g/mol. The van der Waals surface area contributed by atoms with Gasteiger partial charge in [-0.2, -0.15) is 0 Å². The van der Waals surface area contributed by atoms with Gasteiger partial charge in [-0.15, -0.1) is 0 Å². The zero-order valence-electron chi connectivity index (χ0n) is 11.2. The number of hydrogen-bond acceptors (Lipinski definition) is 3. The molecule has 0 saturated carbocycles. The van der Waals surface area contributed by atoms with E-state index in [4.69, 9.17) is 18.0 Å². The first-order valence-corrected chi connectivity index (χ1v) is 7.42. The van der Waals surface area contributed by atoms with Gasteiger partial charge in [0.05, 0.1) is 5.69 Å². The number of rotatable bonds is 5. The van der Waals surface area contributed by atoms with E-state index in [-0.39, 0.29) is 0 Å². The summed E-state index contributed by atoms with van der Waals surface area (Å²) in [5.41, 5.74) is 8.70. The summed E-state index contributed by atoms with van der Waals surface area (Å²) in [6, 6.07) is 12.3. The summed E-state index contributed by atoms with van der Waals surface area (Å²) in [5, 5.41) is 0. The highest BCUT2D eigenvalue weighted by Gasteiger charge is 2.05. The van der Waals surface area contributed by atoms with E-state index in [2.05, 4.69) is 45.0 Å². The molecule has 0 radical (unpaired) electrons. The molecule has 104 valence electrons. The van der Waals surface area contributed by atoms with E-state index in [1.54, 1.807) is 6.20 Å². The number of pyridine rings is 1. The number of halogens is 1. The van der Waals surface area contributed by atoms with E-state index >= 15 is 0 Å². The first kappa shape index (κ1) is 15.1. The molecule has 20 heavy (non-hydrogen) atoms. The van der Waals surface area contributed by atoms with E-state index in [0.717, 1.165) is 23.1 Å². The van der Waals surface area contributed by atoms with Gasteiger partial charge in [0.15, 0.2) is 0 Å². The monoisotopic (exact) mass is 349 g/mol. The fourth-order valence-electron chi connectivity index (χ4n) is 2.02. The predicted octanol–water partition coefficient (Wildman–Crippen LogP) is 3.11. The molecule has 0 amide bonds. The van der Waals surface area contributed by atoms with Gasteiger partial charge >= 0.3 is 0 Å². The van der Waals surface area contributed by atoms with Crippen LogP contribution in [0.4, 0.5) is 0 Å². The van der Waals surface area contributed by atoms with E-state index in [9.17, 15) is 0 Å². The number of nitrogens with two attached hydrogens (primary N) is 1. The Balaban J connectivity index is 2.02. The van der Waals surface area contributed by atoms with Crippen molar-refractivity contribution < 1.29 is 0 Å². The Morgan fingerprint density at radius 1 is 1.25 bits per heavy atom. The Labute approximate surface area is 132 Å². The minimum Gasteiger partial charge on any atom is -0.388 e. The van der Waals surface area contributed by atoms with Crippen LogP contribution in [0.1, 0.15) is 16.8 Å². The van der Waals surface area contributed by atoms with Gasteiger partial charge in [0.2, 0.25) is 0 Å². The number of thiocarbonyl (C=S) groups is 1. The lowest BCUT2D eigenvalue weighted by Crippen LogP contribution is -2.18. The third-order valence-electron chi connectivity index (χ3n) is 2.87. The van der Waals surface area contributed by atoms with Crippen molar-refractivity contribution in [1.82, 2.24) is 9.88 Å². The third kappa shape index (κ3) is 4.37. The normalized spacial score (nSPS) is 10.8. The molecule has 1 aromatic heterocycles. The fourth-order valence-corrected chi connectivity index (χ4v) is 2.58. The zero-order valence-corrected chi connectivity index (χ0v) is 13.6. The average molecular weight is 350 g/mol. The highest BCUT2D eigenvalue weighted by atomic mass is 79.9. The van der Waals surface area contributed by atoms with Gasteiger partial charge in [0.1, 0.15) is 4.99 Å². The quantitative estimate of drug-likeness (QED) is 0.842. The number of aromatic nitrogens is 1. The highest BCUT2D eigenvalue weighted by molar-refractivity contribution is 9.10. The molecule has 2 rings (SSSR count). The molecule has 0 aliphatic carbocycles. The van der Waals surface area contributed by atoms with Crippen LogP contribution in [0.2, 0.25) is 0 Å². The minimum absolute atomic E-state index is 0.335. The van der Waals surface area contributed by atoms with Gasteiger partial charge in [-0.05, 0) is 42.4 Å². The summed E-state index contributed by atoms with van der Waals surface area (Å²) in [6.45, 7) is 1.70. The predicted molar refractivity (Wildman–Crippen MR) is 89.4 cm³/mol. The van der Waals surface area contributed by atoms with Crippen LogP contribution in [0.3, 0.4) is 0 Å². The van der Waals surface area contributed by atoms with Gasteiger partial charge in [-0.3, -0.25) is 9.88 Å². The lowest BCUT2D eigenvalue weighted by atomic mass is 10.2. The molecular formula is C15H16BrN3S. The summed E-state index contributed by atoms with van der Waals surface area (Å²) in [6.07, 6.45) is 1.75. The molecule has 0 aliphatic heterocycles. The van der Waals surface area contributed by atoms with Crippen LogP contribution in [-0.4, -0.2) is 21.9 Å². The molecule has 0 fully saturated rings. The summed E-state index contributed by atoms with van der Waals surface area (Å²) in [5.74, 6) is 0. The van der Waals surface area contributed by atoms with Crippen molar-refractivity contribution >= 4 is 33.1 Å². The highest BCUT2D eigenvalue weighted by Crippen LogP contribution is 2.14. The van der Waals surface area contributed by atoms with Gasteiger partial charge < -0.3 is 5.73 Å². The number of hydrogen-bond donors (Lipinski definition) is 1. The molecule has 2 aromatic rings. The summed E-state index contributed by atoms with van der Waals surface area (Å²) in [7, 11) is 2.09. The summed E-state index contributed by atoms with van der Waals surface area (Å²) >= 11 is 8.44. The molecule has 0 aliphatic rings. The Kier molecular flexibility index (Phi) is 5.23. The van der Waals surface area contributed by atoms with Gasteiger partial charge in [-0.25, -0.2) is 0 Å². The maximum absolute atomic E-state index is 5.60. The molecule has 5 heteroatoms. The molecule has 0 spiro atoms. The molecule has 0 bridgehead atoms. The van der Waals surface area contributed by atoms with E-state index in [0.29, 0.717) is 10.7 Å². The third-order valence-corrected chi connectivity index (χ3v) is 3.57. The van der Waals surface area contributed by atoms with Crippen LogP contribution in [0.15, 0.2) is 47.1 Å². The fraction of sp³-hybridized carbons (Fsp3) is 0.200. The minimum atomic E-state index is 0.335. The number of nitrogens with zero attached hydrogens (tertiary/aromatic N) is 2. The maximum atomic E-state index is 5.60. The van der Waals surface area contributed by atoms with Crippen LogP contribution in [0, 0.1) is 0 Å². The standard InChI is InChI=1S/C15H16BrN3S/c1-19(9-11-3-2-4-13(16)7-11)10-12-5-6-18-14(8-12)15(17)20/h2-8H,9-10H2,1H3,(H2,17,20). The van der Waals surface area contributed by atoms with Crippen LogP contribution in [0.25, 0.3) is 0 Å². The Morgan fingerprint density at radius 2 is 1.95 bits per heavy atom.